The van der Waals surface area contributed by atoms with Crippen LogP contribution in [0.25, 0.3) is 0 Å². The van der Waals surface area contributed by atoms with Gasteiger partial charge in [0.25, 0.3) is 0 Å². The minimum Gasteiger partial charge on any atom is -0.495 e. The van der Waals surface area contributed by atoms with E-state index in [9.17, 15) is 8.42 Å². The highest BCUT2D eigenvalue weighted by atomic mass is 79.9. The summed E-state index contributed by atoms with van der Waals surface area (Å²) in [5.74, 6) is 1.00. The van der Waals surface area contributed by atoms with E-state index in [1.165, 1.54) is 13.5 Å². The number of ether oxygens (including phenoxy) is 1. The molecule has 0 aromatic heterocycles. The number of rotatable bonds is 5. The SMILES string of the molecule is COc1ccc(Br)cc1NS(=O)(=O)CC1CCCCC1. The first-order valence-corrected chi connectivity index (χ1v) is 9.29. The zero-order valence-corrected chi connectivity index (χ0v) is 14.0. The van der Waals surface area contributed by atoms with Crippen molar-refractivity contribution < 1.29 is 13.2 Å². The second kappa shape index (κ2) is 6.80. The van der Waals surface area contributed by atoms with E-state index >= 15 is 0 Å². The van der Waals surface area contributed by atoms with Crippen LogP contribution in [0.2, 0.25) is 0 Å². The average Bonchev–Trinajstić information content (AvgIpc) is 2.39. The number of hydrogen-bond acceptors (Lipinski definition) is 3. The second-order valence-electron chi connectivity index (χ2n) is 5.23. The van der Waals surface area contributed by atoms with Gasteiger partial charge in [-0.3, -0.25) is 4.72 Å². The van der Waals surface area contributed by atoms with Crippen LogP contribution < -0.4 is 9.46 Å². The maximum absolute atomic E-state index is 12.3. The molecule has 0 amide bonds. The molecule has 0 heterocycles. The van der Waals surface area contributed by atoms with E-state index in [1.807, 2.05) is 6.07 Å². The van der Waals surface area contributed by atoms with E-state index in [-0.39, 0.29) is 11.7 Å². The molecule has 112 valence electrons. The van der Waals surface area contributed by atoms with Crippen LogP contribution in [0.15, 0.2) is 22.7 Å². The highest BCUT2D eigenvalue weighted by Crippen LogP contribution is 2.30. The quantitative estimate of drug-likeness (QED) is 0.867. The molecule has 1 N–H and O–H groups in total. The summed E-state index contributed by atoms with van der Waals surface area (Å²) in [6.07, 6.45) is 5.53. The third-order valence-electron chi connectivity index (χ3n) is 3.61. The average molecular weight is 362 g/mol. The summed E-state index contributed by atoms with van der Waals surface area (Å²) in [6, 6.07) is 5.28. The Morgan fingerprint density at radius 3 is 2.65 bits per heavy atom. The van der Waals surface area contributed by atoms with Crippen molar-refractivity contribution in [3.05, 3.63) is 22.7 Å². The molecule has 2 rings (SSSR count). The topological polar surface area (TPSA) is 55.4 Å². The Kier molecular flexibility index (Phi) is 5.32. The van der Waals surface area contributed by atoms with Crippen LogP contribution in [0.5, 0.6) is 5.75 Å². The van der Waals surface area contributed by atoms with Crippen LogP contribution in [-0.4, -0.2) is 21.3 Å². The number of anilines is 1. The molecule has 0 spiro atoms. The van der Waals surface area contributed by atoms with Crippen LogP contribution in [0.3, 0.4) is 0 Å². The molecule has 0 aliphatic heterocycles. The summed E-state index contributed by atoms with van der Waals surface area (Å²) in [5.41, 5.74) is 0.484. The van der Waals surface area contributed by atoms with Crippen molar-refractivity contribution in [2.24, 2.45) is 5.92 Å². The fourth-order valence-corrected chi connectivity index (χ4v) is 4.53. The molecule has 0 bridgehead atoms. The zero-order valence-electron chi connectivity index (χ0n) is 11.6. The lowest BCUT2D eigenvalue weighted by atomic mass is 9.91. The van der Waals surface area contributed by atoms with E-state index in [4.69, 9.17) is 4.74 Å². The summed E-state index contributed by atoms with van der Waals surface area (Å²) in [7, 11) is -1.80. The molecule has 0 atom stereocenters. The summed E-state index contributed by atoms with van der Waals surface area (Å²) in [4.78, 5) is 0. The Morgan fingerprint density at radius 2 is 2.00 bits per heavy atom. The molecule has 1 fully saturated rings. The molecule has 0 saturated heterocycles. The monoisotopic (exact) mass is 361 g/mol. The standard InChI is InChI=1S/C14H20BrNO3S/c1-19-14-8-7-12(15)9-13(14)16-20(17,18)10-11-5-3-2-4-6-11/h7-9,11,16H,2-6,10H2,1H3. The highest BCUT2D eigenvalue weighted by Gasteiger charge is 2.22. The Bertz CT molecular complexity index is 554. The fourth-order valence-electron chi connectivity index (χ4n) is 2.63. The Hall–Kier alpha value is -0.750. The first-order valence-electron chi connectivity index (χ1n) is 6.84. The molecule has 0 radical (unpaired) electrons. The van der Waals surface area contributed by atoms with Crippen molar-refractivity contribution in [2.75, 3.05) is 17.6 Å². The number of sulfonamides is 1. The van der Waals surface area contributed by atoms with Crippen LogP contribution in [0, 0.1) is 5.92 Å². The Balaban J connectivity index is 2.09. The summed E-state index contributed by atoms with van der Waals surface area (Å²) < 4.78 is 33.2. The number of hydrogen-bond donors (Lipinski definition) is 1. The van der Waals surface area contributed by atoms with Crippen LogP contribution >= 0.6 is 15.9 Å². The van der Waals surface area contributed by atoms with Crippen molar-refractivity contribution >= 4 is 31.6 Å². The third-order valence-corrected chi connectivity index (χ3v) is 5.54. The predicted octanol–water partition coefficient (Wildman–Crippen LogP) is 3.78. The highest BCUT2D eigenvalue weighted by molar-refractivity contribution is 9.10. The third kappa shape index (κ3) is 4.38. The molecule has 4 nitrogen and oxygen atoms in total. The van der Waals surface area contributed by atoms with Gasteiger partial charge in [-0.05, 0) is 37.0 Å². The van der Waals surface area contributed by atoms with Crippen LogP contribution in [0.4, 0.5) is 5.69 Å². The largest absolute Gasteiger partial charge is 0.495 e. The van der Waals surface area contributed by atoms with E-state index in [0.717, 1.165) is 30.2 Å². The van der Waals surface area contributed by atoms with Gasteiger partial charge in [0.05, 0.1) is 18.6 Å². The van der Waals surface area contributed by atoms with Crippen molar-refractivity contribution in [2.45, 2.75) is 32.1 Å². The number of nitrogens with one attached hydrogen (secondary N) is 1. The molecular formula is C14H20BrNO3S. The van der Waals surface area contributed by atoms with Crippen molar-refractivity contribution in [3.8, 4) is 5.75 Å². The van der Waals surface area contributed by atoms with Gasteiger partial charge in [-0.15, -0.1) is 0 Å². The molecule has 20 heavy (non-hydrogen) atoms. The molecule has 1 aromatic rings. The Labute approximate surface area is 129 Å². The molecule has 6 heteroatoms. The van der Waals surface area contributed by atoms with E-state index in [2.05, 4.69) is 20.7 Å². The van der Waals surface area contributed by atoms with Gasteiger partial charge in [-0.25, -0.2) is 8.42 Å². The number of methoxy groups -OCH3 is 1. The minimum atomic E-state index is -3.33. The van der Waals surface area contributed by atoms with E-state index in [1.54, 1.807) is 12.1 Å². The first-order chi connectivity index (χ1) is 9.50. The minimum absolute atomic E-state index is 0.197. The lowest BCUT2D eigenvalue weighted by Crippen LogP contribution is -2.24. The molecule has 0 unspecified atom stereocenters. The maximum Gasteiger partial charge on any atom is 0.233 e. The van der Waals surface area contributed by atoms with Gasteiger partial charge in [0.2, 0.25) is 10.0 Å². The van der Waals surface area contributed by atoms with E-state index in [0.29, 0.717) is 11.4 Å². The van der Waals surface area contributed by atoms with Gasteiger partial charge >= 0.3 is 0 Å². The molecule has 1 aliphatic carbocycles. The van der Waals surface area contributed by atoms with Crippen molar-refractivity contribution in [1.82, 2.24) is 0 Å². The summed E-state index contributed by atoms with van der Waals surface area (Å²) in [5, 5.41) is 0. The van der Waals surface area contributed by atoms with Gasteiger partial charge in [0, 0.05) is 4.47 Å². The Morgan fingerprint density at radius 1 is 1.30 bits per heavy atom. The zero-order chi connectivity index (χ0) is 14.6. The maximum atomic E-state index is 12.3. The predicted molar refractivity (Wildman–Crippen MR) is 84.7 cm³/mol. The smallest absolute Gasteiger partial charge is 0.233 e. The van der Waals surface area contributed by atoms with Crippen LogP contribution in [-0.2, 0) is 10.0 Å². The normalized spacial score (nSPS) is 16.9. The first kappa shape index (κ1) is 15.6. The number of halogens is 1. The van der Waals surface area contributed by atoms with Gasteiger partial charge in [0.15, 0.2) is 0 Å². The fraction of sp³-hybridized carbons (Fsp3) is 0.571. The lowest BCUT2D eigenvalue weighted by Gasteiger charge is -2.22. The van der Waals surface area contributed by atoms with Crippen LogP contribution in [0.1, 0.15) is 32.1 Å². The van der Waals surface area contributed by atoms with Crippen molar-refractivity contribution in [1.29, 1.82) is 0 Å². The van der Waals surface area contributed by atoms with Crippen molar-refractivity contribution in [3.63, 3.8) is 0 Å². The lowest BCUT2D eigenvalue weighted by molar-refractivity contribution is 0.385. The number of benzene rings is 1. The molecular weight excluding hydrogens is 342 g/mol. The second-order valence-corrected chi connectivity index (χ2v) is 7.91. The molecule has 1 aromatic carbocycles. The van der Waals surface area contributed by atoms with Gasteiger partial charge in [-0.2, -0.15) is 0 Å². The van der Waals surface area contributed by atoms with Gasteiger partial charge in [0.1, 0.15) is 5.75 Å². The summed E-state index contributed by atoms with van der Waals surface area (Å²) >= 11 is 3.34. The van der Waals surface area contributed by atoms with Gasteiger partial charge in [-0.1, -0.05) is 35.2 Å². The molecule has 1 aliphatic rings. The van der Waals surface area contributed by atoms with Gasteiger partial charge < -0.3 is 4.74 Å². The molecule has 1 saturated carbocycles. The summed E-state index contributed by atoms with van der Waals surface area (Å²) in [6.45, 7) is 0. The van der Waals surface area contributed by atoms with E-state index < -0.39 is 10.0 Å².